The van der Waals surface area contributed by atoms with E-state index in [0.717, 1.165) is 94.2 Å². The molecular weight excluding hydrogens is 738 g/mol. The molecular formula is C40H42ClN9O6. The summed E-state index contributed by atoms with van der Waals surface area (Å²) in [6.07, 6.45) is 5.29. The maximum Gasteiger partial charge on any atom is 0.272 e. The first-order valence-corrected chi connectivity index (χ1v) is 19.6. The summed E-state index contributed by atoms with van der Waals surface area (Å²) in [5.41, 5.74) is 2.14. The van der Waals surface area contributed by atoms with Gasteiger partial charge >= 0.3 is 0 Å². The fourth-order valence-electron chi connectivity index (χ4n) is 8.50. The average molecular weight is 780 g/mol. The molecule has 3 aromatic rings. The fraction of sp³-hybridized carbons (Fsp3) is 0.450. The number of rotatable bonds is 8. The smallest absolute Gasteiger partial charge is 0.272 e. The fourth-order valence-corrected chi connectivity index (χ4v) is 8.72. The summed E-state index contributed by atoms with van der Waals surface area (Å²) in [6, 6.07) is 13.5. The molecule has 1 atom stereocenters. The number of hydrogen-bond acceptors (Lipinski definition) is 11. The van der Waals surface area contributed by atoms with Crippen molar-refractivity contribution in [3.63, 3.8) is 0 Å². The van der Waals surface area contributed by atoms with Crippen LogP contribution in [-0.4, -0.2) is 113 Å². The van der Waals surface area contributed by atoms with Crippen LogP contribution >= 0.6 is 11.6 Å². The number of piperidine rings is 2. The first kappa shape index (κ1) is 37.3. The van der Waals surface area contributed by atoms with Crippen LogP contribution in [-0.2, 0) is 9.59 Å². The standard InChI is InChI=1S/C40H42ClN9O6/c1-42-32-9-7-28(23-31(32)41)56-27-5-2-24(3-6-27)43-37(52)33-10-12-35(46-45-33)49-20-18-48(19-21-49)25-14-16-47(17-15-25)26-4-8-29-30(22-26)40(55)50(39(29)54)34-11-13-36(51)44-38(34)53/h4,7-10,12,22-25,27,34H,2-3,5-6,11,13-21H2,(H,43,52)(H,44,51,53). The normalized spacial score (nSPS) is 23.4. The Hall–Kier alpha value is -5.59. The summed E-state index contributed by atoms with van der Waals surface area (Å²) in [4.78, 5) is 74.8. The van der Waals surface area contributed by atoms with Gasteiger partial charge in [-0.3, -0.25) is 39.1 Å². The van der Waals surface area contributed by atoms with E-state index in [-0.39, 0.29) is 42.2 Å². The average Bonchev–Trinajstić information content (AvgIpc) is 3.46. The topological polar surface area (TPSA) is 162 Å². The third-order valence-corrected chi connectivity index (χ3v) is 11.9. The zero-order chi connectivity index (χ0) is 38.9. The van der Waals surface area contributed by atoms with E-state index in [1.807, 2.05) is 12.1 Å². The highest BCUT2D eigenvalue weighted by Crippen LogP contribution is 2.33. The summed E-state index contributed by atoms with van der Waals surface area (Å²) in [5, 5.41) is 14.4. The van der Waals surface area contributed by atoms with Crippen molar-refractivity contribution in [3.05, 3.63) is 81.8 Å². The number of hydrogen-bond donors (Lipinski definition) is 2. The van der Waals surface area contributed by atoms with Crippen LogP contribution in [0, 0.1) is 6.57 Å². The van der Waals surface area contributed by atoms with Crippen LogP contribution in [0.3, 0.4) is 0 Å². The van der Waals surface area contributed by atoms with Gasteiger partial charge in [-0.05, 0) is 87.4 Å². The summed E-state index contributed by atoms with van der Waals surface area (Å²) in [7, 11) is 0. The lowest BCUT2D eigenvalue weighted by Crippen LogP contribution is -2.54. The number of ether oxygens (including phenoxy) is 1. The lowest BCUT2D eigenvalue weighted by atomic mass is 9.93. The number of nitrogens with zero attached hydrogens (tertiary/aromatic N) is 7. The monoisotopic (exact) mass is 779 g/mol. The SMILES string of the molecule is [C-]#[N+]c1ccc(OC2CCC(NC(=O)c3ccc(N4CCN(C5CCN(c6ccc7c(c6)C(=O)N(C6CCC(=O)NC6=O)C7=O)CC5)CC4)nn3)CC2)cc1Cl. The first-order valence-electron chi connectivity index (χ1n) is 19.2. The molecule has 0 spiro atoms. The Bertz CT molecular complexity index is 2080. The second-order valence-corrected chi connectivity index (χ2v) is 15.4. The minimum atomic E-state index is -0.980. The van der Waals surface area contributed by atoms with E-state index in [1.54, 1.807) is 36.4 Å². The minimum Gasteiger partial charge on any atom is -0.490 e. The van der Waals surface area contributed by atoms with Crippen LogP contribution in [0.2, 0.25) is 5.02 Å². The van der Waals surface area contributed by atoms with Gasteiger partial charge in [-0.2, -0.15) is 0 Å². The molecule has 1 aromatic heterocycles. The van der Waals surface area contributed by atoms with Gasteiger partial charge in [-0.1, -0.05) is 17.7 Å². The van der Waals surface area contributed by atoms with Gasteiger partial charge in [-0.25, -0.2) is 4.85 Å². The zero-order valence-electron chi connectivity index (χ0n) is 30.8. The molecule has 5 aliphatic rings. The number of imide groups is 2. The number of aromatic nitrogens is 2. The predicted octanol–water partition coefficient (Wildman–Crippen LogP) is 3.99. The lowest BCUT2D eigenvalue weighted by molar-refractivity contribution is -0.136. The number of piperazine rings is 1. The van der Waals surface area contributed by atoms with Crippen LogP contribution < -0.4 is 25.2 Å². The number of benzene rings is 2. The molecule has 290 valence electrons. The molecule has 16 heteroatoms. The van der Waals surface area contributed by atoms with E-state index in [9.17, 15) is 24.0 Å². The highest BCUT2D eigenvalue weighted by Gasteiger charge is 2.45. The Kier molecular flexibility index (Phi) is 10.6. The zero-order valence-corrected chi connectivity index (χ0v) is 31.5. The number of nitrogens with one attached hydrogen (secondary N) is 2. The van der Waals surface area contributed by atoms with Crippen molar-refractivity contribution in [3.8, 4) is 5.75 Å². The van der Waals surface area contributed by atoms with Gasteiger partial charge in [0, 0.05) is 63.5 Å². The van der Waals surface area contributed by atoms with E-state index in [0.29, 0.717) is 28.1 Å². The van der Waals surface area contributed by atoms with E-state index in [4.69, 9.17) is 22.9 Å². The molecule has 4 aliphatic heterocycles. The molecule has 8 rings (SSSR count). The molecule has 2 N–H and O–H groups in total. The molecule has 5 heterocycles. The van der Waals surface area contributed by atoms with Gasteiger partial charge in [0.25, 0.3) is 17.7 Å². The Morgan fingerprint density at radius 1 is 0.821 bits per heavy atom. The number of carbonyl (C=O) groups excluding carboxylic acids is 5. The summed E-state index contributed by atoms with van der Waals surface area (Å²) < 4.78 is 6.08. The Labute approximate surface area is 329 Å². The quantitative estimate of drug-likeness (QED) is 0.251. The summed E-state index contributed by atoms with van der Waals surface area (Å²) >= 11 is 6.15. The third-order valence-electron chi connectivity index (χ3n) is 11.6. The van der Waals surface area contributed by atoms with E-state index < -0.39 is 29.7 Å². The minimum absolute atomic E-state index is 0.0193. The molecule has 1 aliphatic carbocycles. The number of anilines is 2. The van der Waals surface area contributed by atoms with Crippen molar-refractivity contribution in [2.45, 2.75) is 75.6 Å². The molecule has 4 fully saturated rings. The summed E-state index contributed by atoms with van der Waals surface area (Å²) in [6.45, 7) is 12.1. The molecule has 56 heavy (non-hydrogen) atoms. The molecule has 1 unspecified atom stereocenters. The van der Waals surface area contributed by atoms with Crippen LogP contribution in [0.25, 0.3) is 4.85 Å². The van der Waals surface area contributed by atoms with Crippen LogP contribution in [0.5, 0.6) is 5.75 Å². The highest BCUT2D eigenvalue weighted by atomic mass is 35.5. The molecule has 0 radical (unpaired) electrons. The first-order chi connectivity index (χ1) is 27.1. The number of carbonyl (C=O) groups is 5. The molecule has 0 bridgehead atoms. The lowest BCUT2D eigenvalue weighted by Gasteiger charge is -2.43. The number of fused-ring (bicyclic) bond motifs is 1. The van der Waals surface area contributed by atoms with Gasteiger partial charge in [0.15, 0.2) is 11.5 Å². The maximum absolute atomic E-state index is 13.3. The van der Waals surface area contributed by atoms with Gasteiger partial charge in [0.05, 0.1) is 28.8 Å². The Morgan fingerprint density at radius 2 is 1.57 bits per heavy atom. The van der Waals surface area contributed by atoms with Crippen molar-refractivity contribution < 1.29 is 28.7 Å². The Morgan fingerprint density at radius 3 is 2.25 bits per heavy atom. The van der Waals surface area contributed by atoms with E-state index >= 15 is 0 Å². The van der Waals surface area contributed by atoms with Crippen molar-refractivity contribution in [2.75, 3.05) is 49.1 Å². The second kappa shape index (κ2) is 15.9. The van der Waals surface area contributed by atoms with Gasteiger partial charge < -0.3 is 19.9 Å². The molecule has 3 saturated heterocycles. The van der Waals surface area contributed by atoms with Crippen molar-refractivity contribution in [1.29, 1.82) is 0 Å². The van der Waals surface area contributed by atoms with Crippen LogP contribution in [0.1, 0.15) is 82.6 Å². The predicted molar refractivity (Wildman–Crippen MR) is 206 cm³/mol. The van der Waals surface area contributed by atoms with E-state index in [1.165, 1.54) is 0 Å². The summed E-state index contributed by atoms with van der Waals surface area (Å²) in [5.74, 6) is -0.847. The maximum atomic E-state index is 13.3. The number of halogens is 1. The van der Waals surface area contributed by atoms with Crippen molar-refractivity contribution in [1.82, 2.24) is 30.6 Å². The van der Waals surface area contributed by atoms with Crippen LogP contribution in [0.15, 0.2) is 48.5 Å². The van der Waals surface area contributed by atoms with Crippen LogP contribution in [0.4, 0.5) is 17.2 Å². The van der Waals surface area contributed by atoms with Gasteiger partial charge in [-0.15, -0.1) is 10.2 Å². The van der Waals surface area contributed by atoms with E-state index in [2.05, 4.69) is 40.4 Å². The van der Waals surface area contributed by atoms with Gasteiger partial charge in [0.1, 0.15) is 11.8 Å². The second-order valence-electron chi connectivity index (χ2n) is 15.0. The molecule has 5 amide bonds. The van der Waals surface area contributed by atoms with Gasteiger partial charge in [0.2, 0.25) is 17.5 Å². The Balaban J connectivity index is 0.772. The van der Waals surface area contributed by atoms with Crippen molar-refractivity contribution in [2.24, 2.45) is 0 Å². The molecule has 1 saturated carbocycles. The van der Waals surface area contributed by atoms with Crippen molar-refractivity contribution >= 4 is 58.3 Å². The number of amides is 5. The highest BCUT2D eigenvalue weighted by molar-refractivity contribution is 6.33. The molecule has 15 nitrogen and oxygen atoms in total. The largest absolute Gasteiger partial charge is 0.490 e. The molecule has 2 aromatic carbocycles. The third kappa shape index (κ3) is 7.63.